The lowest BCUT2D eigenvalue weighted by Gasteiger charge is -2.18. The highest BCUT2D eigenvalue weighted by Gasteiger charge is 1.99. The van der Waals surface area contributed by atoms with E-state index in [-0.39, 0.29) is 0 Å². The van der Waals surface area contributed by atoms with Crippen molar-refractivity contribution in [3.63, 3.8) is 0 Å². The molecule has 0 heterocycles. The Morgan fingerprint density at radius 2 is 1.88 bits per heavy atom. The Kier molecular flexibility index (Phi) is 5.90. The van der Waals surface area contributed by atoms with Crippen molar-refractivity contribution < 1.29 is 0 Å². The summed E-state index contributed by atoms with van der Waals surface area (Å²) in [4.78, 5) is 2.40. The molecule has 16 heavy (non-hydrogen) atoms. The Labute approximate surface area is 98.6 Å². The highest BCUT2D eigenvalue weighted by molar-refractivity contribution is 5.46. The van der Waals surface area contributed by atoms with Crippen LogP contribution in [-0.4, -0.2) is 31.1 Å². The number of hydrogen-bond acceptors (Lipinski definition) is 3. The van der Waals surface area contributed by atoms with E-state index >= 15 is 0 Å². The molecular weight excluding hydrogens is 198 g/mol. The largest absolute Gasteiger partial charge is 0.398 e. The predicted octanol–water partition coefficient (Wildman–Crippen LogP) is 1.70. The Bertz CT molecular complexity index is 295. The van der Waals surface area contributed by atoms with E-state index in [1.54, 1.807) is 0 Å². The van der Waals surface area contributed by atoms with Crippen molar-refractivity contribution in [1.29, 1.82) is 0 Å². The maximum atomic E-state index is 5.86. The smallest absolute Gasteiger partial charge is 0.0359 e. The van der Waals surface area contributed by atoms with Gasteiger partial charge in [-0.3, -0.25) is 0 Å². The summed E-state index contributed by atoms with van der Waals surface area (Å²) in [6.45, 7) is 9.58. The SMILES string of the molecule is CCN(CC)CCNCc1ccccc1N. The topological polar surface area (TPSA) is 41.3 Å². The first-order valence-electron chi connectivity index (χ1n) is 6.04. The Hall–Kier alpha value is -1.06. The van der Waals surface area contributed by atoms with Crippen molar-refractivity contribution in [3.05, 3.63) is 29.8 Å². The molecule has 0 aliphatic rings. The van der Waals surface area contributed by atoms with Crippen LogP contribution in [0.3, 0.4) is 0 Å². The van der Waals surface area contributed by atoms with Crippen LogP contribution in [0.1, 0.15) is 19.4 Å². The van der Waals surface area contributed by atoms with Gasteiger partial charge in [0.05, 0.1) is 0 Å². The van der Waals surface area contributed by atoms with E-state index in [4.69, 9.17) is 5.73 Å². The molecule has 3 nitrogen and oxygen atoms in total. The third-order valence-corrected chi connectivity index (χ3v) is 2.87. The molecule has 0 amide bonds. The van der Waals surface area contributed by atoms with Crippen LogP contribution >= 0.6 is 0 Å². The number of para-hydroxylation sites is 1. The summed E-state index contributed by atoms with van der Waals surface area (Å²) in [6.07, 6.45) is 0. The normalized spacial score (nSPS) is 10.9. The van der Waals surface area contributed by atoms with Crippen molar-refractivity contribution >= 4 is 5.69 Å². The van der Waals surface area contributed by atoms with Crippen molar-refractivity contribution in [2.75, 3.05) is 31.9 Å². The number of nitrogen functional groups attached to an aromatic ring is 1. The van der Waals surface area contributed by atoms with Crippen LogP contribution in [0.15, 0.2) is 24.3 Å². The van der Waals surface area contributed by atoms with Crippen LogP contribution in [-0.2, 0) is 6.54 Å². The van der Waals surface area contributed by atoms with E-state index in [9.17, 15) is 0 Å². The summed E-state index contributed by atoms with van der Waals surface area (Å²) in [6, 6.07) is 8.01. The minimum Gasteiger partial charge on any atom is -0.398 e. The second-order valence-corrected chi connectivity index (χ2v) is 3.90. The standard InChI is InChI=1S/C13H23N3/c1-3-16(4-2)10-9-15-11-12-7-5-6-8-13(12)14/h5-8,15H,3-4,9-11,14H2,1-2H3. The number of benzene rings is 1. The molecule has 3 heteroatoms. The lowest BCUT2D eigenvalue weighted by atomic mass is 10.2. The second kappa shape index (κ2) is 7.25. The lowest BCUT2D eigenvalue weighted by Crippen LogP contribution is -2.31. The first-order valence-corrected chi connectivity index (χ1v) is 6.04. The van der Waals surface area contributed by atoms with E-state index in [0.717, 1.165) is 38.4 Å². The first kappa shape index (κ1) is 13.0. The Morgan fingerprint density at radius 3 is 2.50 bits per heavy atom. The predicted molar refractivity (Wildman–Crippen MR) is 70.3 cm³/mol. The molecule has 0 unspecified atom stereocenters. The third kappa shape index (κ3) is 4.21. The van der Waals surface area contributed by atoms with Crippen LogP contribution in [0, 0.1) is 0 Å². The number of nitrogens with two attached hydrogens (primary N) is 1. The van der Waals surface area contributed by atoms with Gasteiger partial charge in [0.2, 0.25) is 0 Å². The molecule has 1 aromatic carbocycles. The quantitative estimate of drug-likeness (QED) is 0.544. The van der Waals surface area contributed by atoms with E-state index in [1.807, 2.05) is 18.2 Å². The number of hydrogen-bond donors (Lipinski definition) is 2. The molecule has 90 valence electrons. The fraction of sp³-hybridized carbons (Fsp3) is 0.538. The fourth-order valence-corrected chi connectivity index (χ4v) is 1.70. The molecule has 1 aromatic rings. The molecule has 0 spiro atoms. The molecule has 0 aliphatic carbocycles. The summed E-state index contributed by atoms with van der Waals surface area (Å²) < 4.78 is 0. The zero-order chi connectivity index (χ0) is 11.8. The highest BCUT2D eigenvalue weighted by atomic mass is 15.1. The number of nitrogens with zero attached hydrogens (tertiary/aromatic N) is 1. The van der Waals surface area contributed by atoms with Gasteiger partial charge in [0.25, 0.3) is 0 Å². The molecular formula is C13H23N3. The average molecular weight is 221 g/mol. The lowest BCUT2D eigenvalue weighted by molar-refractivity contribution is 0.302. The summed E-state index contributed by atoms with van der Waals surface area (Å²) in [7, 11) is 0. The maximum absolute atomic E-state index is 5.86. The molecule has 0 bridgehead atoms. The van der Waals surface area contributed by atoms with Crippen molar-refractivity contribution in [3.8, 4) is 0 Å². The van der Waals surface area contributed by atoms with Gasteiger partial charge in [0.15, 0.2) is 0 Å². The molecule has 3 N–H and O–H groups in total. The van der Waals surface area contributed by atoms with Gasteiger partial charge in [0, 0.05) is 25.3 Å². The molecule has 0 atom stereocenters. The van der Waals surface area contributed by atoms with E-state index in [0.29, 0.717) is 0 Å². The van der Waals surface area contributed by atoms with Gasteiger partial charge in [-0.2, -0.15) is 0 Å². The molecule has 0 fully saturated rings. The van der Waals surface area contributed by atoms with Crippen molar-refractivity contribution in [1.82, 2.24) is 10.2 Å². The first-order chi connectivity index (χ1) is 7.77. The van der Waals surface area contributed by atoms with E-state index in [2.05, 4.69) is 30.1 Å². The molecule has 0 saturated carbocycles. The van der Waals surface area contributed by atoms with Gasteiger partial charge < -0.3 is 16.0 Å². The minimum absolute atomic E-state index is 0.855. The maximum Gasteiger partial charge on any atom is 0.0359 e. The Morgan fingerprint density at radius 1 is 1.19 bits per heavy atom. The van der Waals surface area contributed by atoms with E-state index in [1.165, 1.54) is 5.56 Å². The number of rotatable bonds is 7. The average Bonchev–Trinajstić information content (AvgIpc) is 2.31. The highest BCUT2D eigenvalue weighted by Crippen LogP contribution is 2.09. The molecule has 1 rings (SSSR count). The third-order valence-electron chi connectivity index (χ3n) is 2.87. The van der Waals surface area contributed by atoms with Gasteiger partial charge in [0.1, 0.15) is 0 Å². The number of nitrogens with one attached hydrogen (secondary N) is 1. The monoisotopic (exact) mass is 221 g/mol. The van der Waals surface area contributed by atoms with Gasteiger partial charge in [-0.05, 0) is 24.7 Å². The molecule has 0 radical (unpaired) electrons. The van der Waals surface area contributed by atoms with Crippen LogP contribution in [0.25, 0.3) is 0 Å². The van der Waals surface area contributed by atoms with Gasteiger partial charge in [-0.15, -0.1) is 0 Å². The van der Waals surface area contributed by atoms with Crippen LogP contribution < -0.4 is 11.1 Å². The van der Waals surface area contributed by atoms with Gasteiger partial charge >= 0.3 is 0 Å². The summed E-state index contributed by atoms with van der Waals surface area (Å²) in [5.74, 6) is 0. The molecule has 0 aliphatic heterocycles. The van der Waals surface area contributed by atoms with Crippen LogP contribution in [0.4, 0.5) is 5.69 Å². The summed E-state index contributed by atoms with van der Waals surface area (Å²) in [5, 5.41) is 3.42. The zero-order valence-corrected chi connectivity index (χ0v) is 10.4. The summed E-state index contributed by atoms with van der Waals surface area (Å²) >= 11 is 0. The number of anilines is 1. The van der Waals surface area contributed by atoms with Crippen molar-refractivity contribution in [2.45, 2.75) is 20.4 Å². The van der Waals surface area contributed by atoms with Gasteiger partial charge in [-0.1, -0.05) is 32.0 Å². The fourth-order valence-electron chi connectivity index (χ4n) is 1.70. The zero-order valence-electron chi connectivity index (χ0n) is 10.4. The van der Waals surface area contributed by atoms with E-state index < -0.39 is 0 Å². The van der Waals surface area contributed by atoms with Gasteiger partial charge in [-0.25, -0.2) is 0 Å². The Balaban J connectivity index is 2.23. The molecule has 0 aromatic heterocycles. The van der Waals surface area contributed by atoms with Crippen LogP contribution in [0.5, 0.6) is 0 Å². The summed E-state index contributed by atoms with van der Waals surface area (Å²) in [5.41, 5.74) is 7.92. The van der Waals surface area contributed by atoms with Crippen molar-refractivity contribution in [2.24, 2.45) is 0 Å². The molecule has 0 saturated heterocycles. The second-order valence-electron chi connectivity index (χ2n) is 3.90. The number of likely N-dealkylation sites (N-methyl/N-ethyl adjacent to an activating group) is 1. The van der Waals surface area contributed by atoms with Crippen LogP contribution in [0.2, 0.25) is 0 Å². The minimum atomic E-state index is 0.855.